The number of aliphatic hydroxyl groups is 1. The molecule has 0 saturated carbocycles. The zero-order valence-corrected chi connectivity index (χ0v) is 10.7. The molecule has 0 amide bonds. The normalized spacial score (nSPS) is 13.7. The maximum atomic E-state index is 12.0. The molecule has 0 radical (unpaired) electrons. The lowest BCUT2D eigenvalue weighted by Crippen LogP contribution is -2.34. The number of halogens is 3. The number of nitro groups is 1. The summed E-state index contributed by atoms with van der Waals surface area (Å²) >= 11 is 0. The van der Waals surface area contributed by atoms with Gasteiger partial charge in [-0.1, -0.05) is 0 Å². The lowest BCUT2D eigenvalue weighted by atomic mass is 10.3. The average Bonchev–Trinajstić information content (AvgIpc) is 2.74. The predicted molar refractivity (Wildman–Crippen MR) is 63.1 cm³/mol. The molecule has 1 aromatic rings. The quantitative estimate of drug-likeness (QED) is 0.600. The van der Waals surface area contributed by atoms with Gasteiger partial charge in [0.25, 0.3) is 0 Å². The van der Waals surface area contributed by atoms with Gasteiger partial charge in [0, 0.05) is 13.1 Å². The molecule has 1 atom stereocenters. The third kappa shape index (κ3) is 5.97. The third-order valence-corrected chi connectivity index (χ3v) is 2.53. The summed E-state index contributed by atoms with van der Waals surface area (Å²) in [5, 5.41) is 23.8. The molecule has 1 unspecified atom stereocenters. The van der Waals surface area contributed by atoms with Gasteiger partial charge in [0.05, 0.1) is 24.0 Å². The van der Waals surface area contributed by atoms with Crippen LogP contribution >= 0.6 is 0 Å². The van der Waals surface area contributed by atoms with Crippen LogP contribution < -0.4 is 0 Å². The molecule has 20 heavy (non-hydrogen) atoms. The van der Waals surface area contributed by atoms with Crippen LogP contribution in [0.3, 0.4) is 0 Å². The van der Waals surface area contributed by atoms with Crippen molar-refractivity contribution >= 4 is 5.69 Å². The Morgan fingerprint density at radius 2 is 2.25 bits per heavy atom. The Morgan fingerprint density at radius 3 is 2.75 bits per heavy atom. The minimum absolute atomic E-state index is 0.0176. The highest BCUT2D eigenvalue weighted by Gasteiger charge is 2.27. The second-order valence-electron chi connectivity index (χ2n) is 4.46. The standard InChI is InChI=1S/C10H15F3N4O3/c1-15(3-2-10(11,12)13)6-9(18)7-16-5-8(4-14-16)17(19)20/h4-5,9,18H,2-3,6-7H2,1H3. The summed E-state index contributed by atoms with van der Waals surface area (Å²) in [6.07, 6.45) is -3.96. The highest BCUT2D eigenvalue weighted by atomic mass is 19.4. The zero-order chi connectivity index (χ0) is 15.3. The summed E-state index contributed by atoms with van der Waals surface area (Å²) < 4.78 is 37.2. The van der Waals surface area contributed by atoms with Crippen LogP contribution in [-0.4, -0.2) is 57.1 Å². The van der Waals surface area contributed by atoms with Gasteiger partial charge in [0.15, 0.2) is 0 Å². The van der Waals surface area contributed by atoms with Crippen LogP contribution in [-0.2, 0) is 6.54 Å². The van der Waals surface area contributed by atoms with Gasteiger partial charge < -0.3 is 10.0 Å². The van der Waals surface area contributed by atoms with E-state index in [0.29, 0.717) is 0 Å². The van der Waals surface area contributed by atoms with E-state index in [4.69, 9.17) is 0 Å². The maximum absolute atomic E-state index is 12.0. The molecule has 0 fully saturated rings. The molecule has 1 aromatic heterocycles. The molecule has 1 N–H and O–H groups in total. The summed E-state index contributed by atoms with van der Waals surface area (Å²) in [4.78, 5) is 11.2. The van der Waals surface area contributed by atoms with Crippen LogP contribution in [0.2, 0.25) is 0 Å². The van der Waals surface area contributed by atoms with Gasteiger partial charge in [-0.15, -0.1) is 0 Å². The van der Waals surface area contributed by atoms with Crippen molar-refractivity contribution in [3.63, 3.8) is 0 Å². The topological polar surface area (TPSA) is 84.4 Å². The lowest BCUT2D eigenvalue weighted by molar-refractivity contribution is -0.385. The number of aromatic nitrogens is 2. The summed E-state index contributed by atoms with van der Waals surface area (Å²) in [6.45, 7) is -0.228. The summed E-state index contributed by atoms with van der Waals surface area (Å²) in [6, 6.07) is 0. The molecule has 0 bridgehead atoms. The van der Waals surface area contributed by atoms with E-state index in [-0.39, 0.29) is 25.3 Å². The molecule has 0 aliphatic carbocycles. The fraction of sp³-hybridized carbons (Fsp3) is 0.700. The number of aliphatic hydroxyl groups excluding tert-OH is 1. The van der Waals surface area contributed by atoms with Crippen molar-refractivity contribution in [3.05, 3.63) is 22.5 Å². The molecule has 114 valence electrons. The molecule has 1 heterocycles. The Labute approximate surface area is 112 Å². The second kappa shape index (κ2) is 6.66. The van der Waals surface area contributed by atoms with Crippen LogP contribution in [0.1, 0.15) is 6.42 Å². The minimum atomic E-state index is -4.23. The highest BCUT2D eigenvalue weighted by Crippen LogP contribution is 2.19. The van der Waals surface area contributed by atoms with Crippen LogP contribution in [0.15, 0.2) is 12.4 Å². The first-order valence-corrected chi connectivity index (χ1v) is 5.77. The molecule has 0 aliphatic rings. The van der Waals surface area contributed by atoms with E-state index in [1.807, 2.05) is 0 Å². The largest absolute Gasteiger partial charge is 0.390 e. The Kier molecular flexibility index (Phi) is 5.45. The smallest absolute Gasteiger partial charge is 0.390 e. The van der Waals surface area contributed by atoms with E-state index in [9.17, 15) is 28.4 Å². The van der Waals surface area contributed by atoms with Crippen molar-refractivity contribution in [1.82, 2.24) is 14.7 Å². The SMILES string of the molecule is CN(CCC(F)(F)F)CC(O)Cn1cc([N+](=O)[O-])cn1. The number of likely N-dealkylation sites (N-methyl/N-ethyl adjacent to an activating group) is 1. The van der Waals surface area contributed by atoms with Crippen LogP contribution in [0.25, 0.3) is 0 Å². The minimum Gasteiger partial charge on any atom is -0.390 e. The zero-order valence-electron chi connectivity index (χ0n) is 10.7. The van der Waals surface area contributed by atoms with E-state index < -0.39 is 23.6 Å². The van der Waals surface area contributed by atoms with Gasteiger partial charge in [0.1, 0.15) is 12.4 Å². The van der Waals surface area contributed by atoms with Gasteiger partial charge in [-0.25, -0.2) is 0 Å². The Balaban J connectivity index is 2.38. The average molecular weight is 296 g/mol. The molecule has 10 heteroatoms. The molecule has 0 spiro atoms. The van der Waals surface area contributed by atoms with E-state index in [1.54, 1.807) is 0 Å². The van der Waals surface area contributed by atoms with Crippen molar-refractivity contribution in [2.75, 3.05) is 20.1 Å². The van der Waals surface area contributed by atoms with Crippen molar-refractivity contribution in [2.45, 2.75) is 25.2 Å². The highest BCUT2D eigenvalue weighted by molar-refractivity contribution is 5.20. The summed E-state index contributed by atoms with van der Waals surface area (Å²) in [7, 11) is 1.46. The maximum Gasteiger partial charge on any atom is 0.390 e. The molecular weight excluding hydrogens is 281 g/mol. The predicted octanol–water partition coefficient (Wildman–Crippen LogP) is 1.04. The Morgan fingerprint density at radius 1 is 1.60 bits per heavy atom. The van der Waals surface area contributed by atoms with Crippen LogP contribution in [0.4, 0.5) is 18.9 Å². The number of hydrogen-bond acceptors (Lipinski definition) is 5. The van der Waals surface area contributed by atoms with Crippen molar-refractivity contribution in [2.24, 2.45) is 0 Å². The van der Waals surface area contributed by atoms with Crippen LogP contribution in [0, 0.1) is 10.1 Å². The lowest BCUT2D eigenvalue weighted by Gasteiger charge is -2.21. The first kappa shape index (κ1) is 16.4. The second-order valence-corrected chi connectivity index (χ2v) is 4.46. The van der Waals surface area contributed by atoms with Gasteiger partial charge in [0.2, 0.25) is 0 Å². The Bertz CT molecular complexity index is 449. The Hall–Kier alpha value is -1.68. The molecule has 0 aromatic carbocycles. The number of alkyl halides is 3. The van der Waals surface area contributed by atoms with E-state index in [1.165, 1.54) is 16.6 Å². The monoisotopic (exact) mass is 296 g/mol. The fourth-order valence-electron chi connectivity index (χ4n) is 1.59. The fourth-order valence-corrected chi connectivity index (χ4v) is 1.59. The van der Waals surface area contributed by atoms with Crippen LogP contribution in [0.5, 0.6) is 0 Å². The molecule has 0 aliphatic heterocycles. The number of hydrogen-bond donors (Lipinski definition) is 1. The molecular formula is C10H15F3N4O3. The van der Waals surface area contributed by atoms with Crippen molar-refractivity contribution in [3.8, 4) is 0 Å². The first-order chi connectivity index (χ1) is 9.17. The molecule has 0 saturated heterocycles. The van der Waals surface area contributed by atoms with Gasteiger partial charge in [-0.2, -0.15) is 18.3 Å². The van der Waals surface area contributed by atoms with Crippen molar-refractivity contribution in [1.29, 1.82) is 0 Å². The van der Waals surface area contributed by atoms with Gasteiger partial charge >= 0.3 is 11.9 Å². The van der Waals surface area contributed by atoms with E-state index in [0.717, 1.165) is 12.4 Å². The van der Waals surface area contributed by atoms with Crippen molar-refractivity contribution < 1.29 is 23.2 Å². The first-order valence-electron chi connectivity index (χ1n) is 5.77. The summed E-state index contributed by atoms with van der Waals surface area (Å²) in [5.74, 6) is 0. The number of rotatable bonds is 7. The molecule has 7 nitrogen and oxygen atoms in total. The number of nitrogens with zero attached hydrogens (tertiary/aromatic N) is 4. The van der Waals surface area contributed by atoms with E-state index in [2.05, 4.69) is 5.10 Å². The summed E-state index contributed by atoms with van der Waals surface area (Å²) in [5.41, 5.74) is -0.206. The van der Waals surface area contributed by atoms with Gasteiger partial charge in [-0.05, 0) is 7.05 Å². The molecule has 1 rings (SSSR count). The van der Waals surface area contributed by atoms with Gasteiger partial charge in [-0.3, -0.25) is 14.8 Å². The van der Waals surface area contributed by atoms with E-state index >= 15 is 0 Å². The third-order valence-electron chi connectivity index (χ3n) is 2.53.